The number of ether oxygens (including phenoxy) is 1. The molecule has 0 amide bonds. The van der Waals surface area contributed by atoms with E-state index in [4.69, 9.17) is 4.74 Å². The second-order valence-corrected chi connectivity index (χ2v) is 7.00. The minimum atomic E-state index is -1.16. The van der Waals surface area contributed by atoms with Crippen LogP contribution in [0, 0.1) is 13.8 Å². The van der Waals surface area contributed by atoms with Crippen molar-refractivity contribution in [3.8, 4) is 17.0 Å². The summed E-state index contributed by atoms with van der Waals surface area (Å²) in [6, 6.07) is 13.8. The Bertz CT molecular complexity index is 868. The molecule has 3 aromatic rings. The molecule has 124 valence electrons. The maximum Gasteiger partial charge on any atom is 0.138 e. The number of methoxy groups -OCH3 is 1. The summed E-state index contributed by atoms with van der Waals surface area (Å²) in [6.07, 6.45) is 0. The van der Waals surface area contributed by atoms with Gasteiger partial charge in [-0.15, -0.1) is 11.3 Å². The molecule has 2 aromatic carbocycles. The number of hydrogen-bond donors (Lipinski definition) is 1. The Kier molecular flexibility index (Phi) is 4.43. The first kappa shape index (κ1) is 16.7. The van der Waals surface area contributed by atoms with Crippen molar-refractivity contribution in [3.05, 3.63) is 69.5 Å². The van der Waals surface area contributed by atoms with Gasteiger partial charge in [0.05, 0.1) is 12.8 Å². The Morgan fingerprint density at radius 2 is 1.88 bits per heavy atom. The third-order valence-electron chi connectivity index (χ3n) is 4.36. The summed E-state index contributed by atoms with van der Waals surface area (Å²) in [6.45, 7) is 5.96. The predicted octanol–water partition coefficient (Wildman–Crippen LogP) is 4.69. The molecule has 24 heavy (non-hydrogen) atoms. The van der Waals surface area contributed by atoms with Crippen molar-refractivity contribution in [1.29, 1.82) is 0 Å². The third-order valence-corrected chi connectivity index (χ3v) is 5.41. The third kappa shape index (κ3) is 3.07. The van der Waals surface area contributed by atoms with Gasteiger partial charge < -0.3 is 9.84 Å². The molecule has 1 N–H and O–H groups in total. The maximum absolute atomic E-state index is 11.0. The second kappa shape index (κ2) is 6.38. The summed E-state index contributed by atoms with van der Waals surface area (Å²) in [5, 5.41) is 13.7. The molecule has 1 heterocycles. The number of thiazole rings is 1. The fourth-order valence-corrected chi connectivity index (χ4v) is 3.49. The summed E-state index contributed by atoms with van der Waals surface area (Å²) in [5.41, 5.74) is 4.07. The van der Waals surface area contributed by atoms with Gasteiger partial charge >= 0.3 is 0 Å². The van der Waals surface area contributed by atoms with Crippen molar-refractivity contribution in [2.75, 3.05) is 7.11 Å². The van der Waals surface area contributed by atoms with E-state index in [2.05, 4.69) is 37.0 Å². The Morgan fingerprint density at radius 1 is 1.08 bits per heavy atom. The van der Waals surface area contributed by atoms with Crippen molar-refractivity contribution in [2.45, 2.75) is 26.4 Å². The average molecular weight is 339 g/mol. The van der Waals surface area contributed by atoms with Crippen LogP contribution < -0.4 is 4.74 Å². The lowest BCUT2D eigenvalue weighted by Gasteiger charge is -2.21. The first-order chi connectivity index (χ1) is 11.4. The van der Waals surface area contributed by atoms with Crippen LogP contribution in [0.2, 0.25) is 0 Å². The quantitative estimate of drug-likeness (QED) is 0.750. The fourth-order valence-electron chi connectivity index (χ4n) is 2.58. The smallest absolute Gasteiger partial charge is 0.138 e. The topological polar surface area (TPSA) is 42.4 Å². The van der Waals surface area contributed by atoms with E-state index in [0.717, 1.165) is 22.6 Å². The van der Waals surface area contributed by atoms with E-state index in [1.54, 1.807) is 14.0 Å². The summed E-state index contributed by atoms with van der Waals surface area (Å²) in [4.78, 5) is 4.68. The van der Waals surface area contributed by atoms with Crippen LogP contribution >= 0.6 is 11.3 Å². The van der Waals surface area contributed by atoms with Crippen LogP contribution in [0.1, 0.15) is 28.6 Å². The van der Waals surface area contributed by atoms with E-state index < -0.39 is 5.60 Å². The Labute approximate surface area is 146 Å². The zero-order chi connectivity index (χ0) is 17.3. The summed E-state index contributed by atoms with van der Waals surface area (Å²) in [7, 11) is 1.62. The largest absolute Gasteiger partial charge is 0.497 e. The monoisotopic (exact) mass is 339 g/mol. The molecule has 0 bridgehead atoms. The van der Waals surface area contributed by atoms with Gasteiger partial charge in [0.15, 0.2) is 0 Å². The number of nitrogens with zero attached hydrogens (tertiary/aromatic N) is 1. The van der Waals surface area contributed by atoms with E-state index >= 15 is 0 Å². The van der Waals surface area contributed by atoms with E-state index in [9.17, 15) is 5.11 Å². The van der Waals surface area contributed by atoms with Gasteiger partial charge in [0.2, 0.25) is 0 Å². The van der Waals surface area contributed by atoms with Crippen molar-refractivity contribution in [3.63, 3.8) is 0 Å². The van der Waals surface area contributed by atoms with E-state index in [1.807, 2.05) is 29.6 Å². The van der Waals surface area contributed by atoms with Gasteiger partial charge in [-0.05, 0) is 55.7 Å². The molecule has 3 rings (SSSR count). The lowest BCUT2D eigenvalue weighted by molar-refractivity contribution is 0.102. The summed E-state index contributed by atoms with van der Waals surface area (Å²) in [5.74, 6) is 0.721. The molecule has 0 fully saturated rings. The lowest BCUT2D eigenvalue weighted by atomic mass is 9.96. The van der Waals surface area contributed by atoms with E-state index in [0.29, 0.717) is 5.01 Å². The second-order valence-electron chi connectivity index (χ2n) is 6.14. The predicted molar refractivity (Wildman–Crippen MR) is 98.7 cm³/mol. The first-order valence-corrected chi connectivity index (χ1v) is 8.70. The van der Waals surface area contributed by atoms with Crippen LogP contribution in [0.3, 0.4) is 0 Å². The van der Waals surface area contributed by atoms with Gasteiger partial charge in [-0.2, -0.15) is 0 Å². The zero-order valence-corrected chi connectivity index (χ0v) is 15.1. The van der Waals surface area contributed by atoms with Gasteiger partial charge in [0.1, 0.15) is 16.4 Å². The van der Waals surface area contributed by atoms with Gasteiger partial charge in [0.25, 0.3) is 0 Å². The highest BCUT2D eigenvalue weighted by molar-refractivity contribution is 7.10. The molecule has 3 nitrogen and oxygen atoms in total. The van der Waals surface area contributed by atoms with Crippen molar-refractivity contribution >= 4 is 11.3 Å². The summed E-state index contributed by atoms with van der Waals surface area (Å²) >= 11 is 1.47. The zero-order valence-electron chi connectivity index (χ0n) is 14.3. The standard InChI is InChI=1S/C20H21NO2S/c1-13-8-9-15(10-14(13)2)18-12-24-19(21-18)20(3,22)16-6-5-7-17(11-16)23-4/h5-12,22H,1-4H3. The van der Waals surface area contributed by atoms with E-state index in [-0.39, 0.29) is 0 Å². The summed E-state index contributed by atoms with van der Waals surface area (Å²) < 4.78 is 5.26. The van der Waals surface area contributed by atoms with Gasteiger partial charge in [-0.25, -0.2) is 4.98 Å². The van der Waals surface area contributed by atoms with Crippen LogP contribution in [-0.2, 0) is 5.60 Å². The molecule has 1 aromatic heterocycles. The number of benzene rings is 2. The first-order valence-electron chi connectivity index (χ1n) is 7.82. The number of rotatable bonds is 4. The van der Waals surface area contributed by atoms with Crippen LogP contribution in [0.15, 0.2) is 47.8 Å². The van der Waals surface area contributed by atoms with Crippen molar-refractivity contribution in [1.82, 2.24) is 4.98 Å². The highest BCUT2D eigenvalue weighted by atomic mass is 32.1. The number of hydrogen-bond acceptors (Lipinski definition) is 4. The molecule has 1 atom stereocenters. The number of aliphatic hydroxyl groups is 1. The Balaban J connectivity index is 1.97. The SMILES string of the molecule is COc1cccc(C(C)(O)c2nc(-c3ccc(C)c(C)c3)cs2)c1. The van der Waals surface area contributed by atoms with Crippen LogP contribution in [0.25, 0.3) is 11.3 Å². The molecule has 4 heteroatoms. The van der Waals surface area contributed by atoms with Gasteiger partial charge in [0, 0.05) is 10.9 Å². The van der Waals surface area contributed by atoms with Gasteiger partial charge in [-0.3, -0.25) is 0 Å². The minimum Gasteiger partial charge on any atom is -0.497 e. The Hall–Kier alpha value is -2.17. The molecule has 0 spiro atoms. The number of aromatic nitrogens is 1. The molecule has 0 aliphatic heterocycles. The van der Waals surface area contributed by atoms with Crippen molar-refractivity contribution in [2.24, 2.45) is 0 Å². The molecular weight excluding hydrogens is 318 g/mol. The molecule has 0 aliphatic rings. The van der Waals surface area contributed by atoms with Gasteiger partial charge in [-0.1, -0.05) is 24.3 Å². The molecule has 0 saturated carbocycles. The molecular formula is C20H21NO2S. The molecule has 0 saturated heterocycles. The van der Waals surface area contributed by atoms with Crippen LogP contribution in [-0.4, -0.2) is 17.2 Å². The van der Waals surface area contributed by atoms with Crippen LogP contribution in [0.5, 0.6) is 5.75 Å². The maximum atomic E-state index is 11.0. The average Bonchev–Trinajstić information content (AvgIpc) is 3.08. The van der Waals surface area contributed by atoms with E-state index in [1.165, 1.54) is 22.5 Å². The highest BCUT2D eigenvalue weighted by Gasteiger charge is 2.29. The highest BCUT2D eigenvalue weighted by Crippen LogP contribution is 2.35. The molecule has 0 radical (unpaired) electrons. The minimum absolute atomic E-state index is 0.670. The molecule has 0 aliphatic carbocycles. The lowest BCUT2D eigenvalue weighted by Crippen LogP contribution is -2.22. The normalized spacial score (nSPS) is 13.5. The number of aryl methyl sites for hydroxylation is 2. The fraction of sp³-hybridized carbons (Fsp3) is 0.250. The van der Waals surface area contributed by atoms with Crippen LogP contribution in [0.4, 0.5) is 0 Å². The van der Waals surface area contributed by atoms with Crippen molar-refractivity contribution < 1.29 is 9.84 Å². The Morgan fingerprint density at radius 3 is 2.58 bits per heavy atom. The molecule has 1 unspecified atom stereocenters.